The van der Waals surface area contributed by atoms with E-state index >= 15 is 0 Å². The van der Waals surface area contributed by atoms with E-state index in [1.807, 2.05) is 6.92 Å². The Morgan fingerprint density at radius 3 is 2.88 bits per heavy atom. The highest BCUT2D eigenvalue weighted by molar-refractivity contribution is 9.10. The minimum Gasteiger partial charge on any atom is -0.384 e. The number of nitrogens with zero attached hydrogens (tertiary/aromatic N) is 3. The molecule has 0 saturated heterocycles. The summed E-state index contributed by atoms with van der Waals surface area (Å²) in [7, 11) is 0. The van der Waals surface area contributed by atoms with Crippen LogP contribution in [0.25, 0.3) is 5.65 Å². The molecular weight excluding hydrogens is 293 g/mol. The third-order valence-corrected chi connectivity index (χ3v) is 4.05. The van der Waals surface area contributed by atoms with E-state index < -0.39 is 5.60 Å². The van der Waals surface area contributed by atoms with Gasteiger partial charge in [0, 0.05) is 6.07 Å². The molecule has 1 saturated carbocycles. The van der Waals surface area contributed by atoms with Crippen molar-refractivity contribution in [2.75, 3.05) is 0 Å². The second kappa shape index (κ2) is 3.18. The SMILES string of the molecule is Cc1nn2c(Cl)cc(C3(O)CC3)nc2c1Br. The number of aromatic nitrogens is 3. The molecule has 3 rings (SSSR count). The van der Waals surface area contributed by atoms with Crippen molar-refractivity contribution >= 4 is 33.2 Å². The normalized spacial score (nSPS) is 18.0. The van der Waals surface area contributed by atoms with Crippen LogP contribution in [0.2, 0.25) is 5.15 Å². The van der Waals surface area contributed by atoms with Crippen molar-refractivity contribution in [2.45, 2.75) is 25.4 Å². The van der Waals surface area contributed by atoms with Gasteiger partial charge in [-0.25, -0.2) is 9.50 Å². The molecule has 0 bridgehead atoms. The smallest absolute Gasteiger partial charge is 0.171 e. The topological polar surface area (TPSA) is 50.4 Å². The second-order valence-corrected chi connectivity index (χ2v) is 5.31. The van der Waals surface area contributed by atoms with Crippen molar-refractivity contribution in [2.24, 2.45) is 0 Å². The average molecular weight is 303 g/mol. The zero-order chi connectivity index (χ0) is 11.5. The molecule has 0 amide bonds. The van der Waals surface area contributed by atoms with Crippen LogP contribution in [0.15, 0.2) is 10.5 Å². The zero-order valence-electron chi connectivity index (χ0n) is 8.54. The molecule has 1 aliphatic carbocycles. The average Bonchev–Trinajstić information content (AvgIpc) is 2.92. The maximum absolute atomic E-state index is 10.0. The molecule has 0 radical (unpaired) electrons. The van der Waals surface area contributed by atoms with Gasteiger partial charge in [0.25, 0.3) is 0 Å². The molecule has 1 fully saturated rings. The summed E-state index contributed by atoms with van der Waals surface area (Å²) in [6, 6.07) is 1.68. The van der Waals surface area contributed by atoms with Gasteiger partial charge in [0.15, 0.2) is 5.65 Å². The van der Waals surface area contributed by atoms with Gasteiger partial charge in [0.1, 0.15) is 10.8 Å². The molecule has 0 unspecified atom stereocenters. The van der Waals surface area contributed by atoms with Gasteiger partial charge in [-0.1, -0.05) is 11.6 Å². The molecule has 0 aromatic carbocycles. The summed E-state index contributed by atoms with van der Waals surface area (Å²) in [5.74, 6) is 0. The number of rotatable bonds is 1. The van der Waals surface area contributed by atoms with E-state index in [-0.39, 0.29) is 0 Å². The van der Waals surface area contributed by atoms with E-state index in [4.69, 9.17) is 11.6 Å². The van der Waals surface area contributed by atoms with E-state index in [2.05, 4.69) is 26.0 Å². The molecule has 16 heavy (non-hydrogen) atoms. The highest BCUT2D eigenvalue weighted by atomic mass is 79.9. The molecule has 84 valence electrons. The number of hydrogen-bond acceptors (Lipinski definition) is 3. The Hall–Kier alpha value is -0.650. The highest BCUT2D eigenvalue weighted by Crippen LogP contribution is 2.45. The number of aryl methyl sites for hydroxylation is 1. The minimum absolute atomic E-state index is 0.467. The van der Waals surface area contributed by atoms with Gasteiger partial charge < -0.3 is 5.11 Å². The molecule has 2 heterocycles. The standard InChI is InChI=1S/C10H9BrClN3O/c1-5-8(11)9-13-6(10(16)2-3-10)4-7(12)15(9)14-5/h4,16H,2-3H2,1H3. The first-order valence-corrected chi connectivity index (χ1v) is 6.13. The number of hydrogen-bond donors (Lipinski definition) is 1. The summed E-state index contributed by atoms with van der Waals surface area (Å²) >= 11 is 9.53. The van der Waals surface area contributed by atoms with Crippen molar-refractivity contribution in [3.63, 3.8) is 0 Å². The molecular formula is C10H9BrClN3O. The van der Waals surface area contributed by atoms with Crippen molar-refractivity contribution < 1.29 is 5.11 Å². The fourth-order valence-electron chi connectivity index (χ4n) is 1.67. The van der Waals surface area contributed by atoms with Crippen LogP contribution in [0.1, 0.15) is 24.2 Å². The van der Waals surface area contributed by atoms with Crippen LogP contribution in [0, 0.1) is 6.92 Å². The summed E-state index contributed by atoms with van der Waals surface area (Å²) < 4.78 is 2.39. The Morgan fingerprint density at radius 1 is 1.56 bits per heavy atom. The van der Waals surface area contributed by atoms with Crippen LogP contribution in [-0.4, -0.2) is 19.7 Å². The van der Waals surface area contributed by atoms with Gasteiger partial charge in [0.2, 0.25) is 0 Å². The maximum atomic E-state index is 10.0. The second-order valence-electron chi connectivity index (χ2n) is 4.13. The van der Waals surface area contributed by atoms with Gasteiger partial charge >= 0.3 is 0 Å². The van der Waals surface area contributed by atoms with Crippen LogP contribution < -0.4 is 0 Å². The van der Waals surface area contributed by atoms with Crippen LogP contribution in [0.5, 0.6) is 0 Å². The Kier molecular flexibility index (Phi) is 2.09. The van der Waals surface area contributed by atoms with Crippen molar-refractivity contribution in [3.05, 3.63) is 27.1 Å². The van der Waals surface area contributed by atoms with Crippen LogP contribution in [0.3, 0.4) is 0 Å². The summed E-state index contributed by atoms with van der Waals surface area (Å²) in [6.07, 6.45) is 1.49. The molecule has 1 aliphatic rings. The molecule has 2 aromatic heterocycles. The zero-order valence-corrected chi connectivity index (χ0v) is 10.9. The predicted octanol–water partition coefficient (Wildman–Crippen LogP) is 2.44. The van der Waals surface area contributed by atoms with Crippen molar-refractivity contribution in [3.8, 4) is 0 Å². The van der Waals surface area contributed by atoms with E-state index in [0.29, 0.717) is 16.5 Å². The van der Waals surface area contributed by atoms with Gasteiger partial charge in [-0.2, -0.15) is 5.10 Å². The van der Waals surface area contributed by atoms with Crippen molar-refractivity contribution in [1.82, 2.24) is 14.6 Å². The van der Waals surface area contributed by atoms with Gasteiger partial charge in [-0.3, -0.25) is 0 Å². The maximum Gasteiger partial charge on any atom is 0.171 e. The number of fused-ring (bicyclic) bond motifs is 1. The summed E-state index contributed by atoms with van der Waals surface area (Å²) in [5.41, 5.74) is 1.34. The Labute approximate surface area is 105 Å². The third-order valence-electron chi connectivity index (χ3n) is 2.85. The lowest BCUT2D eigenvalue weighted by Crippen LogP contribution is -2.09. The number of halogens is 2. The molecule has 1 N–H and O–H groups in total. The lowest BCUT2D eigenvalue weighted by atomic mass is 10.2. The first-order chi connectivity index (χ1) is 7.51. The van der Waals surface area contributed by atoms with Gasteiger partial charge in [0.05, 0.1) is 15.9 Å². The van der Waals surface area contributed by atoms with E-state index in [0.717, 1.165) is 23.0 Å². The largest absolute Gasteiger partial charge is 0.384 e. The van der Waals surface area contributed by atoms with Gasteiger partial charge in [-0.05, 0) is 35.7 Å². The van der Waals surface area contributed by atoms with Crippen LogP contribution in [-0.2, 0) is 5.60 Å². The molecule has 2 aromatic rings. The fourth-order valence-corrected chi connectivity index (χ4v) is 2.23. The molecule has 0 atom stereocenters. The van der Waals surface area contributed by atoms with E-state index in [1.54, 1.807) is 10.6 Å². The van der Waals surface area contributed by atoms with Crippen LogP contribution >= 0.6 is 27.5 Å². The lowest BCUT2D eigenvalue weighted by molar-refractivity contribution is 0.146. The Morgan fingerprint density at radius 2 is 2.25 bits per heavy atom. The van der Waals surface area contributed by atoms with E-state index in [9.17, 15) is 5.11 Å². The molecule has 0 spiro atoms. The molecule has 4 nitrogen and oxygen atoms in total. The summed E-state index contributed by atoms with van der Waals surface area (Å²) in [5, 5.41) is 14.7. The highest BCUT2D eigenvalue weighted by Gasteiger charge is 2.44. The predicted molar refractivity (Wildman–Crippen MR) is 63.6 cm³/mol. The Bertz CT molecular complexity index is 591. The van der Waals surface area contributed by atoms with Crippen molar-refractivity contribution in [1.29, 1.82) is 0 Å². The first kappa shape index (κ1) is 10.5. The fraction of sp³-hybridized carbons (Fsp3) is 0.400. The minimum atomic E-state index is -0.775. The first-order valence-electron chi connectivity index (χ1n) is 4.95. The molecule has 6 heteroatoms. The summed E-state index contributed by atoms with van der Waals surface area (Å²) in [6.45, 7) is 1.88. The van der Waals surface area contributed by atoms with E-state index in [1.165, 1.54) is 0 Å². The monoisotopic (exact) mass is 301 g/mol. The lowest BCUT2D eigenvalue weighted by Gasteiger charge is -2.08. The number of aliphatic hydroxyl groups is 1. The molecule has 0 aliphatic heterocycles. The Balaban J connectivity index is 2.32. The van der Waals surface area contributed by atoms with Gasteiger partial charge in [-0.15, -0.1) is 0 Å². The summed E-state index contributed by atoms with van der Waals surface area (Å²) in [4.78, 5) is 4.41. The van der Waals surface area contributed by atoms with Crippen LogP contribution in [0.4, 0.5) is 0 Å². The quantitative estimate of drug-likeness (QED) is 0.823. The third kappa shape index (κ3) is 1.38.